The lowest BCUT2D eigenvalue weighted by Gasteiger charge is -2.14. The first-order valence-corrected chi connectivity index (χ1v) is 7.87. The van der Waals surface area contributed by atoms with Gasteiger partial charge in [0.15, 0.2) is 12.7 Å². The summed E-state index contributed by atoms with van der Waals surface area (Å²) in [5, 5.41) is 13.3. The van der Waals surface area contributed by atoms with Gasteiger partial charge in [-0.3, -0.25) is 10.1 Å². The number of hydrogen-bond donors (Lipinski definition) is 2. The van der Waals surface area contributed by atoms with Gasteiger partial charge >= 0.3 is 12.0 Å². The number of ether oxygens (including phenoxy) is 2. The van der Waals surface area contributed by atoms with Crippen LogP contribution in [0.5, 0.6) is 5.75 Å². The molecule has 0 saturated carbocycles. The molecule has 0 aliphatic rings. The Kier molecular flexibility index (Phi) is 8.50. The number of nitriles is 1. The highest BCUT2D eigenvalue weighted by molar-refractivity contribution is 5.95. The van der Waals surface area contributed by atoms with Gasteiger partial charge in [0, 0.05) is 6.54 Å². The summed E-state index contributed by atoms with van der Waals surface area (Å²) in [4.78, 5) is 34.7. The molecule has 0 aromatic heterocycles. The van der Waals surface area contributed by atoms with Crippen LogP contribution in [0.15, 0.2) is 24.3 Å². The van der Waals surface area contributed by atoms with Crippen LogP contribution in [0.4, 0.5) is 4.79 Å². The van der Waals surface area contributed by atoms with E-state index in [1.54, 1.807) is 24.3 Å². The maximum Gasteiger partial charge on any atom is 0.347 e. The normalized spacial score (nSPS) is 10.9. The van der Waals surface area contributed by atoms with Gasteiger partial charge in [0.1, 0.15) is 5.75 Å². The largest absolute Gasteiger partial charge is 0.479 e. The van der Waals surface area contributed by atoms with Crippen LogP contribution in [0, 0.1) is 11.3 Å². The highest BCUT2D eigenvalue weighted by Gasteiger charge is 2.18. The van der Waals surface area contributed by atoms with Crippen LogP contribution in [0.25, 0.3) is 0 Å². The lowest BCUT2D eigenvalue weighted by molar-refractivity contribution is -0.154. The van der Waals surface area contributed by atoms with E-state index in [4.69, 9.17) is 14.7 Å². The summed E-state index contributed by atoms with van der Waals surface area (Å²) in [6, 6.07) is 7.55. The van der Waals surface area contributed by atoms with Crippen LogP contribution in [0.3, 0.4) is 0 Å². The van der Waals surface area contributed by atoms with Gasteiger partial charge in [-0.1, -0.05) is 13.3 Å². The number of rotatable bonds is 8. The van der Waals surface area contributed by atoms with Crippen LogP contribution in [-0.2, 0) is 14.3 Å². The Morgan fingerprint density at radius 3 is 2.52 bits per heavy atom. The molecule has 25 heavy (non-hydrogen) atoms. The van der Waals surface area contributed by atoms with E-state index in [0.717, 1.165) is 12.8 Å². The van der Waals surface area contributed by atoms with Crippen LogP contribution >= 0.6 is 0 Å². The molecule has 1 atom stereocenters. The molecule has 8 heteroatoms. The molecule has 2 N–H and O–H groups in total. The third-order valence-corrected chi connectivity index (χ3v) is 3.04. The summed E-state index contributed by atoms with van der Waals surface area (Å²) in [5.41, 5.74) is 0.469. The molecule has 134 valence electrons. The molecule has 1 aromatic rings. The minimum absolute atomic E-state index is 0.392. The number of hydrogen-bond acceptors (Lipinski definition) is 6. The van der Waals surface area contributed by atoms with Crippen molar-refractivity contribution in [2.24, 2.45) is 0 Å². The molecule has 3 amide bonds. The fourth-order valence-electron chi connectivity index (χ4n) is 1.70. The number of benzene rings is 1. The van der Waals surface area contributed by atoms with E-state index in [9.17, 15) is 14.4 Å². The SMILES string of the molecule is CCCCNC(=O)NC(=O)COC(=O)[C@@H](C)Oc1ccc(C#N)cc1. The fourth-order valence-corrected chi connectivity index (χ4v) is 1.70. The fraction of sp³-hybridized carbons (Fsp3) is 0.412. The number of imide groups is 1. The van der Waals surface area contributed by atoms with Gasteiger partial charge in [0.25, 0.3) is 5.91 Å². The second-order valence-electron chi connectivity index (χ2n) is 5.16. The second-order valence-corrected chi connectivity index (χ2v) is 5.16. The minimum atomic E-state index is -0.945. The van der Waals surface area contributed by atoms with Crippen LogP contribution in [-0.4, -0.2) is 37.2 Å². The smallest absolute Gasteiger partial charge is 0.347 e. The first kappa shape index (κ1) is 20.0. The van der Waals surface area contributed by atoms with Crippen molar-refractivity contribution in [3.8, 4) is 11.8 Å². The van der Waals surface area contributed by atoms with Gasteiger partial charge in [0.2, 0.25) is 0 Å². The summed E-state index contributed by atoms with van der Waals surface area (Å²) in [5.74, 6) is -1.08. The number of unbranched alkanes of at least 4 members (excludes halogenated alkanes) is 1. The van der Waals surface area contributed by atoms with Crippen molar-refractivity contribution in [1.29, 1.82) is 5.26 Å². The molecule has 0 bridgehead atoms. The molecule has 1 aromatic carbocycles. The van der Waals surface area contributed by atoms with Crippen molar-refractivity contribution < 1.29 is 23.9 Å². The van der Waals surface area contributed by atoms with E-state index in [1.807, 2.05) is 13.0 Å². The lowest BCUT2D eigenvalue weighted by atomic mass is 10.2. The Balaban J connectivity index is 2.33. The first-order valence-electron chi connectivity index (χ1n) is 7.87. The highest BCUT2D eigenvalue weighted by Crippen LogP contribution is 2.13. The molecular formula is C17H21N3O5. The van der Waals surface area contributed by atoms with E-state index in [1.165, 1.54) is 6.92 Å². The molecule has 8 nitrogen and oxygen atoms in total. The van der Waals surface area contributed by atoms with Crippen LogP contribution < -0.4 is 15.4 Å². The monoisotopic (exact) mass is 347 g/mol. The van der Waals surface area contributed by atoms with Gasteiger partial charge in [0.05, 0.1) is 11.6 Å². The maximum atomic E-state index is 11.8. The van der Waals surface area contributed by atoms with Crippen molar-refractivity contribution in [3.05, 3.63) is 29.8 Å². The first-order chi connectivity index (χ1) is 12.0. The zero-order valence-electron chi connectivity index (χ0n) is 14.2. The van der Waals surface area contributed by atoms with Gasteiger partial charge in [-0.25, -0.2) is 9.59 Å². The quantitative estimate of drug-likeness (QED) is 0.543. The average Bonchev–Trinajstić information content (AvgIpc) is 2.60. The highest BCUT2D eigenvalue weighted by atomic mass is 16.6. The number of nitrogens with zero attached hydrogens (tertiary/aromatic N) is 1. The summed E-state index contributed by atoms with van der Waals surface area (Å²) in [6.45, 7) is 3.33. The van der Waals surface area contributed by atoms with E-state index < -0.39 is 30.6 Å². The molecule has 0 aliphatic carbocycles. The Labute approximate surface area is 146 Å². The second kappa shape index (κ2) is 10.6. The van der Waals surface area contributed by atoms with Gasteiger partial charge in [-0.05, 0) is 37.6 Å². The minimum Gasteiger partial charge on any atom is -0.479 e. The van der Waals surface area contributed by atoms with Gasteiger partial charge in [-0.2, -0.15) is 5.26 Å². The standard InChI is InChI=1S/C17H21N3O5/c1-3-4-9-19-17(23)20-15(21)11-24-16(22)12(2)25-14-7-5-13(10-18)6-8-14/h5-8,12H,3-4,9,11H2,1-2H3,(H2,19,20,21,23)/t12-/m1/s1. The number of carbonyl (C=O) groups excluding carboxylic acids is 3. The Hall–Kier alpha value is -3.08. The molecule has 0 aliphatic heterocycles. The van der Waals surface area contributed by atoms with Gasteiger partial charge < -0.3 is 14.8 Å². The summed E-state index contributed by atoms with van der Waals surface area (Å²) < 4.78 is 10.2. The van der Waals surface area contributed by atoms with Crippen molar-refractivity contribution in [3.63, 3.8) is 0 Å². The number of carbonyl (C=O) groups is 3. The summed E-state index contributed by atoms with van der Waals surface area (Å²) in [6.07, 6.45) is 0.781. The predicted molar refractivity (Wildman–Crippen MR) is 88.7 cm³/mol. The lowest BCUT2D eigenvalue weighted by Crippen LogP contribution is -2.42. The maximum absolute atomic E-state index is 11.8. The zero-order chi connectivity index (χ0) is 18.7. The topological polar surface area (TPSA) is 118 Å². The average molecular weight is 347 g/mol. The van der Waals surface area contributed by atoms with Crippen molar-refractivity contribution in [1.82, 2.24) is 10.6 Å². The van der Waals surface area contributed by atoms with Crippen molar-refractivity contribution in [2.75, 3.05) is 13.2 Å². The van der Waals surface area contributed by atoms with E-state index in [0.29, 0.717) is 17.9 Å². The molecule has 0 heterocycles. The molecular weight excluding hydrogens is 326 g/mol. The number of nitrogens with one attached hydrogen (secondary N) is 2. The third-order valence-electron chi connectivity index (χ3n) is 3.04. The Morgan fingerprint density at radius 1 is 1.24 bits per heavy atom. The van der Waals surface area contributed by atoms with Crippen molar-refractivity contribution >= 4 is 17.9 Å². The molecule has 0 spiro atoms. The summed E-state index contributed by atoms with van der Waals surface area (Å²) >= 11 is 0. The molecule has 0 saturated heterocycles. The van der Waals surface area contributed by atoms with Gasteiger partial charge in [-0.15, -0.1) is 0 Å². The number of amides is 3. The molecule has 0 unspecified atom stereocenters. The Bertz CT molecular complexity index is 637. The van der Waals surface area contributed by atoms with E-state index >= 15 is 0 Å². The van der Waals surface area contributed by atoms with Crippen LogP contribution in [0.2, 0.25) is 0 Å². The van der Waals surface area contributed by atoms with Crippen molar-refractivity contribution in [2.45, 2.75) is 32.8 Å². The number of urea groups is 1. The molecule has 0 fully saturated rings. The van der Waals surface area contributed by atoms with E-state index in [-0.39, 0.29) is 0 Å². The summed E-state index contributed by atoms with van der Waals surface area (Å²) in [7, 11) is 0. The zero-order valence-corrected chi connectivity index (χ0v) is 14.2. The van der Waals surface area contributed by atoms with E-state index in [2.05, 4.69) is 10.6 Å². The Morgan fingerprint density at radius 2 is 1.92 bits per heavy atom. The number of esters is 1. The predicted octanol–water partition coefficient (Wildman–Crippen LogP) is 1.49. The molecule has 1 rings (SSSR count). The van der Waals surface area contributed by atoms with Crippen LogP contribution in [0.1, 0.15) is 32.3 Å². The molecule has 0 radical (unpaired) electrons. The third kappa shape index (κ3) is 7.83.